The van der Waals surface area contributed by atoms with Crippen LogP contribution in [0.15, 0.2) is 64.9 Å². The van der Waals surface area contributed by atoms with E-state index in [4.69, 9.17) is 14.2 Å². The fraction of sp³-hybridized carbons (Fsp3) is 0.292. The molecule has 0 aromatic carbocycles. The van der Waals surface area contributed by atoms with Crippen LogP contribution in [0.1, 0.15) is 32.3 Å². The van der Waals surface area contributed by atoms with Crippen LogP contribution in [0.2, 0.25) is 0 Å². The zero-order chi connectivity index (χ0) is 24.5. The van der Waals surface area contributed by atoms with Crippen LogP contribution in [0.4, 0.5) is 10.9 Å². The predicted molar refractivity (Wildman–Crippen MR) is 133 cm³/mol. The number of hydrogen-bond donors (Lipinski definition) is 1. The lowest BCUT2D eigenvalue weighted by atomic mass is 10.1. The van der Waals surface area contributed by atoms with E-state index in [1.54, 1.807) is 18.6 Å². The molecule has 5 rings (SSSR count). The largest absolute Gasteiger partial charge is 0.452 e. The van der Waals surface area contributed by atoms with Crippen LogP contribution in [0.5, 0.6) is 11.5 Å². The van der Waals surface area contributed by atoms with Gasteiger partial charge in [-0.1, -0.05) is 17.8 Å². The van der Waals surface area contributed by atoms with E-state index in [0.717, 1.165) is 15.6 Å². The Balaban J connectivity index is 1.43. The Hall–Kier alpha value is -3.12. The second-order valence-corrected chi connectivity index (χ2v) is 10.4. The molecule has 4 aromatic heterocycles. The van der Waals surface area contributed by atoms with Gasteiger partial charge in [0.2, 0.25) is 5.13 Å². The molecule has 0 bridgehead atoms. The average Bonchev–Trinajstić information content (AvgIpc) is 3.42. The zero-order valence-corrected chi connectivity index (χ0v) is 21.3. The SMILES string of the molecule is Cc1ncccc1Oc1cc(Sc2ccccn2)cnc1Nc1nc([C@]2(C)COC(C)(C)O2)ns1. The van der Waals surface area contributed by atoms with Crippen LogP contribution in [-0.4, -0.2) is 36.7 Å². The predicted octanol–water partition coefficient (Wildman–Crippen LogP) is 5.72. The minimum absolute atomic E-state index is 0.377. The van der Waals surface area contributed by atoms with Crippen molar-refractivity contribution in [1.82, 2.24) is 24.3 Å². The smallest absolute Gasteiger partial charge is 0.208 e. The molecular formula is C24H24N6O3S2. The molecule has 1 aliphatic rings. The van der Waals surface area contributed by atoms with Gasteiger partial charge in [0.1, 0.15) is 10.8 Å². The highest BCUT2D eigenvalue weighted by Crippen LogP contribution is 2.39. The molecule has 1 saturated heterocycles. The van der Waals surface area contributed by atoms with Crippen LogP contribution in [0.25, 0.3) is 0 Å². The third-order valence-corrected chi connectivity index (χ3v) is 6.70. The van der Waals surface area contributed by atoms with E-state index in [-0.39, 0.29) is 0 Å². The standard InChI is InChI=1S/C24H24N6O3S2/c1-15-17(8-7-11-25-15)32-18-12-16(34-19-9-5-6-10-26-19)13-27-20(18)28-22-29-21(30-35-22)24(4)14-31-23(2,3)33-24/h5-13H,14H2,1-4H3,(H,27,28,29,30)/t24-/m0/s1. The molecule has 5 heterocycles. The maximum absolute atomic E-state index is 6.24. The minimum Gasteiger partial charge on any atom is -0.452 e. The molecule has 0 unspecified atom stereocenters. The van der Waals surface area contributed by atoms with Crippen molar-refractivity contribution >= 4 is 34.2 Å². The van der Waals surface area contributed by atoms with Gasteiger partial charge in [-0.3, -0.25) is 4.98 Å². The summed E-state index contributed by atoms with van der Waals surface area (Å²) in [6.07, 6.45) is 5.26. The summed E-state index contributed by atoms with van der Waals surface area (Å²) in [7, 11) is 0. The van der Waals surface area contributed by atoms with Gasteiger partial charge in [0, 0.05) is 41.1 Å². The number of rotatable bonds is 7. The molecule has 0 amide bonds. The molecule has 9 nitrogen and oxygen atoms in total. The van der Waals surface area contributed by atoms with Crippen molar-refractivity contribution in [3.8, 4) is 11.5 Å². The number of aryl methyl sites for hydroxylation is 1. The number of hydrogen-bond acceptors (Lipinski definition) is 11. The Morgan fingerprint density at radius 3 is 2.66 bits per heavy atom. The third-order valence-electron chi connectivity index (χ3n) is 5.16. The highest BCUT2D eigenvalue weighted by Gasteiger charge is 2.46. The first-order valence-electron chi connectivity index (χ1n) is 10.9. The van der Waals surface area contributed by atoms with Crippen LogP contribution in [0.3, 0.4) is 0 Å². The molecule has 11 heteroatoms. The summed E-state index contributed by atoms with van der Waals surface area (Å²) >= 11 is 2.72. The molecule has 0 saturated carbocycles. The molecule has 1 aliphatic heterocycles. The van der Waals surface area contributed by atoms with Gasteiger partial charge in [0.25, 0.3) is 0 Å². The molecule has 180 valence electrons. The number of nitrogens with one attached hydrogen (secondary N) is 1. The number of anilines is 2. The van der Waals surface area contributed by atoms with Crippen molar-refractivity contribution in [2.24, 2.45) is 0 Å². The second kappa shape index (κ2) is 9.50. The van der Waals surface area contributed by atoms with Crippen LogP contribution in [-0.2, 0) is 15.1 Å². The first kappa shape index (κ1) is 23.6. The summed E-state index contributed by atoms with van der Waals surface area (Å²) < 4.78 is 22.5. The zero-order valence-electron chi connectivity index (χ0n) is 19.7. The van der Waals surface area contributed by atoms with Gasteiger partial charge < -0.3 is 19.5 Å². The number of nitrogens with zero attached hydrogens (tertiary/aromatic N) is 5. The lowest BCUT2D eigenvalue weighted by Crippen LogP contribution is -2.29. The minimum atomic E-state index is -0.720. The van der Waals surface area contributed by atoms with Crippen molar-refractivity contribution in [3.05, 3.63) is 66.5 Å². The molecular weight excluding hydrogens is 484 g/mol. The Morgan fingerprint density at radius 2 is 1.91 bits per heavy atom. The summed E-state index contributed by atoms with van der Waals surface area (Å²) in [6.45, 7) is 7.95. The molecule has 0 radical (unpaired) electrons. The normalized spacial score (nSPS) is 19.0. The fourth-order valence-corrected chi connectivity index (χ4v) is 4.94. The molecule has 0 aliphatic carbocycles. The Morgan fingerprint density at radius 1 is 1.06 bits per heavy atom. The topological polar surface area (TPSA) is 104 Å². The monoisotopic (exact) mass is 508 g/mol. The lowest BCUT2D eigenvalue weighted by molar-refractivity contribution is -0.160. The molecule has 1 N–H and O–H groups in total. The van der Waals surface area contributed by atoms with Crippen LogP contribution >= 0.6 is 23.3 Å². The van der Waals surface area contributed by atoms with Gasteiger partial charge in [-0.2, -0.15) is 4.37 Å². The van der Waals surface area contributed by atoms with E-state index in [2.05, 4.69) is 29.6 Å². The van der Waals surface area contributed by atoms with E-state index in [1.807, 2.05) is 64.1 Å². The molecule has 1 fully saturated rings. The highest BCUT2D eigenvalue weighted by molar-refractivity contribution is 7.99. The van der Waals surface area contributed by atoms with Crippen molar-refractivity contribution in [2.45, 2.75) is 49.0 Å². The van der Waals surface area contributed by atoms with E-state index in [0.29, 0.717) is 34.9 Å². The lowest BCUT2D eigenvalue weighted by Gasteiger charge is -2.22. The van der Waals surface area contributed by atoms with Gasteiger partial charge in [0.15, 0.2) is 28.8 Å². The maximum Gasteiger partial charge on any atom is 0.208 e. The Labute approximate surface area is 211 Å². The molecule has 1 atom stereocenters. The van der Waals surface area contributed by atoms with Crippen molar-refractivity contribution in [3.63, 3.8) is 0 Å². The second-order valence-electron chi connectivity index (χ2n) is 8.55. The Bertz CT molecular complexity index is 1330. The number of ether oxygens (including phenoxy) is 3. The van der Waals surface area contributed by atoms with E-state index in [9.17, 15) is 0 Å². The van der Waals surface area contributed by atoms with Crippen molar-refractivity contribution in [2.75, 3.05) is 11.9 Å². The summed E-state index contributed by atoms with van der Waals surface area (Å²) in [5, 5.41) is 4.68. The van der Waals surface area contributed by atoms with Crippen LogP contribution in [0, 0.1) is 6.92 Å². The summed E-state index contributed by atoms with van der Waals surface area (Å²) in [6, 6.07) is 11.4. The van der Waals surface area contributed by atoms with Crippen LogP contribution < -0.4 is 10.1 Å². The van der Waals surface area contributed by atoms with Crippen molar-refractivity contribution < 1.29 is 14.2 Å². The summed E-state index contributed by atoms with van der Waals surface area (Å²) in [4.78, 5) is 18.9. The van der Waals surface area contributed by atoms with Gasteiger partial charge >= 0.3 is 0 Å². The van der Waals surface area contributed by atoms with E-state index in [1.165, 1.54) is 23.3 Å². The number of pyridine rings is 3. The van der Waals surface area contributed by atoms with E-state index >= 15 is 0 Å². The maximum atomic E-state index is 6.24. The first-order chi connectivity index (χ1) is 16.8. The quantitative estimate of drug-likeness (QED) is 0.333. The average molecular weight is 509 g/mol. The highest BCUT2D eigenvalue weighted by atomic mass is 32.2. The van der Waals surface area contributed by atoms with Gasteiger partial charge in [0.05, 0.1) is 12.3 Å². The number of aromatic nitrogens is 5. The fourth-order valence-electron chi connectivity index (χ4n) is 3.49. The van der Waals surface area contributed by atoms with Gasteiger partial charge in [-0.25, -0.2) is 15.0 Å². The van der Waals surface area contributed by atoms with Gasteiger partial charge in [-0.15, -0.1) is 0 Å². The molecule has 35 heavy (non-hydrogen) atoms. The molecule has 0 spiro atoms. The van der Waals surface area contributed by atoms with Crippen molar-refractivity contribution in [1.29, 1.82) is 0 Å². The third kappa shape index (κ3) is 5.43. The Kier molecular flexibility index (Phi) is 6.41. The summed E-state index contributed by atoms with van der Waals surface area (Å²) in [5.41, 5.74) is 0.0521. The van der Waals surface area contributed by atoms with Gasteiger partial charge in [-0.05, 0) is 52.0 Å². The first-order valence-corrected chi connectivity index (χ1v) is 12.5. The summed E-state index contributed by atoms with van der Waals surface area (Å²) in [5.74, 6) is 1.56. The molecule has 4 aromatic rings. The van der Waals surface area contributed by atoms with E-state index < -0.39 is 11.4 Å².